The Morgan fingerprint density at radius 3 is 2.65 bits per heavy atom. The summed E-state index contributed by atoms with van der Waals surface area (Å²) in [7, 11) is -3.48. The Morgan fingerprint density at radius 1 is 1.40 bits per heavy atom. The van der Waals surface area contributed by atoms with Crippen molar-refractivity contribution in [2.24, 2.45) is 0 Å². The van der Waals surface area contributed by atoms with Crippen LogP contribution in [-0.4, -0.2) is 22.9 Å². The summed E-state index contributed by atoms with van der Waals surface area (Å²) in [4.78, 5) is 0. The van der Waals surface area contributed by atoms with E-state index in [9.17, 15) is 8.42 Å². The van der Waals surface area contributed by atoms with Gasteiger partial charge >= 0.3 is 0 Å². The first-order chi connectivity index (χ1) is 9.36. The molecule has 7 heteroatoms. The minimum atomic E-state index is -3.48. The highest BCUT2D eigenvalue weighted by Crippen LogP contribution is 2.28. The number of nitrogens with zero attached hydrogens (tertiary/aromatic N) is 3. The van der Waals surface area contributed by atoms with E-state index < -0.39 is 15.3 Å². The summed E-state index contributed by atoms with van der Waals surface area (Å²) in [5.74, 6) is 0. The summed E-state index contributed by atoms with van der Waals surface area (Å²) < 4.78 is 24.9. The number of rotatable bonds is 3. The van der Waals surface area contributed by atoms with Gasteiger partial charge in [0.2, 0.25) is 0 Å². The fourth-order valence-electron chi connectivity index (χ4n) is 1.62. The van der Waals surface area contributed by atoms with Crippen LogP contribution < -0.4 is 0 Å². The zero-order valence-corrected chi connectivity index (χ0v) is 12.5. The van der Waals surface area contributed by atoms with E-state index in [2.05, 4.69) is 5.10 Å². The van der Waals surface area contributed by atoms with E-state index in [1.807, 2.05) is 6.07 Å². The molecule has 0 aliphatic heterocycles. The molecule has 0 bridgehead atoms. The van der Waals surface area contributed by atoms with E-state index in [0.717, 1.165) is 4.09 Å². The van der Waals surface area contributed by atoms with E-state index >= 15 is 0 Å². The fraction of sp³-hybridized carbons (Fsp3) is 0.231. The average molecular weight is 310 g/mol. The predicted octanol–water partition coefficient (Wildman–Crippen LogP) is 2.66. The van der Waals surface area contributed by atoms with Crippen LogP contribution in [0.15, 0.2) is 30.6 Å². The lowest BCUT2D eigenvalue weighted by molar-refractivity contribution is 0.571. The van der Waals surface area contributed by atoms with Crippen molar-refractivity contribution in [1.82, 2.24) is 9.19 Å². The molecule has 20 heavy (non-hydrogen) atoms. The lowest BCUT2D eigenvalue weighted by Crippen LogP contribution is -2.22. The van der Waals surface area contributed by atoms with Gasteiger partial charge in [0.1, 0.15) is 0 Å². The molecule has 0 saturated heterocycles. The van der Waals surface area contributed by atoms with Crippen molar-refractivity contribution in [3.05, 3.63) is 41.2 Å². The molecule has 0 spiro atoms. The zero-order chi connectivity index (χ0) is 14.9. The summed E-state index contributed by atoms with van der Waals surface area (Å²) in [6.45, 7) is 3.18. The second-order valence-electron chi connectivity index (χ2n) is 4.50. The molecule has 0 radical (unpaired) electrons. The van der Waals surface area contributed by atoms with Gasteiger partial charge in [-0.3, -0.25) is 0 Å². The van der Waals surface area contributed by atoms with Crippen LogP contribution in [0.5, 0.6) is 0 Å². The third-order valence-electron chi connectivity index (χ3n) is 2.83. The monoisotopic (exact) mass is 309 g/mol. The van der Waals surface area contributed by atoms with E-state index in [-0.39, 0.29) is 0 Å². The maximum Gasteiger partial charge on any atom is 0.256 e. The van der Waals surface area contributed by atoms with Crippen molar-refractivity contribution in [2.45, 2.75) is 19.1 Å². The van der Waals surface area contributed by atoms with Gasteiger partial charge in [0, 0.05) is 16.1 Å². The molecule has 2 aromatic rings. The Labute approximate surface area is 122 Å². The second kappa shape index (κ2) is 5.27. The lowest BCUT2D eigenvalue weighted by atomic mass is 10.1. The Kier molecular flexibility index (Phi) is 3.84. The maximum absolute atomic E-state index is 12.0. The minimum absolute atomic E-state index is 0.380. The first-order valence-electron chi connectivity index (χ1n) is 5.85. The molecule has 0 aliphatic rings. The number of aromatic nitrogens is 2. The quantitative estimate of drug-likeness (QED) is 0.873. The molecule has 0 saturated carbocycles. The molecule has 5 nitrogen and oxygen atoms in total. The molecule has 2 rings (SSSR count). The number of hydrogen-bond donors (Lipinski definition) is 0. The molecule has 1 heterocycles. The van der Waals surface area contributed by atoms with Crippen molar-refractivity contribution in [2.75, 3.05) is 0 Å². The van der Waals surface area contributed by atoms with Crippen LogP contribution in [0, 0.1) is 11.3 Å². The van der Waals surface area contributed by atoms with Crippen LogP contribution in [0.3, 0.4) is 0 Å². The van der Waals surface area contributed by atoms with Gasteiger partial charge in [-0.05, 0) is 26.0 Å². The normalized spacial score (nSPS) is 11.6. The summed E-state index contributed by atoms with van der Waals surface area (Å²) in [6, 6.07) is 6.81. The van der Waals surface area contributed by atoms with Crippen LogP contribution in [0.2, 0.25) is 5.02 Å². The van der Waals surface area contributed by atoms with Gasteiger partial charge in [0.25, 0.3) is 10.0 Å². The minimum Gasteiger partial charge on any atom is -0.204 e. The van der Waals surface area contributed by atoms with Gasteiger partial charge in [0.15, 0.2) is 0 Å². The second-order valence-corrected chi connectivity index (χ2v) is 7.26. The van der Waals surface area contributed by atoms with Gasteiger partial charge in [-0.1, -0.05) is 17.7 Å². The zero-order valence-electron chi connectivity index (χ0n) is 10.9. The van der Waals surface area contributed by atoms with Crippen molar-refractivity contribution in [3.63, 3.8) is 0 Å². The largest absolute Gasteiger partial charge is 0.256 e. The molecule has 104 valence electrons. The van der Waals surface area contributed by atoms with Crippen LogP contribution in [0.4, 0.5) is 0 Å². The number of hydrogen-bond acceptors (Lipinski definition) is 4. The third kappa shape index (κ3) is 2.55. The van der Waals surface area contributed by atoms with Gasteiger partial charge < -0.3 is 0 Å². The van der Waals surface area contributed by atoms with Crippen LogP contribution >= 0.6 is 11.6 Å². The molecule has 0 amide bonds. The van der Waals surface area contributed by atoms with E-state index in [4.69, 9.17) is 16.9 Å². The Morgan fingerprint density at radius 2 is 2.10 bits per heavy atom. The van der Waals surface area contributed by atoms with E-state index in [1.165, 1.54) is 18.5 Å². The highest BCUT2D eigenvalue weighted by Gasteiger charge is 2.20. The van der Waals surface area contributed by atoms with Crippen LogP contribution in [-0.2, 0) is 10.0 Å². The molecular formula is C13H12ClN3O2S. The van der Waals surface area contributed by atoms with Crippen molar-refractivity contribution < 1.29 is 8.42 Å². The topological polar surface area (TPSA) is 75.8 Å². The molecule has 0 fully saturated rings. The number of benzene rings is 1. The summed E-state index contributed by atoms with van der Waals surface area (Å²) in [6.07, 6.45) is 2.86. The summed E-state index contributed by atoms with van der Waals surface area (Å²) in [5.41, 5.74) is 1.67. The standard InChI is InChI=1S/C13H12ClN3O2S/c1-9(2)20(18,19)17-8-11(7-16-17)12-4-3-10(6-15)5-13(12)14/h3-5,7-9H,1-2H3. The summed E-state index contributed by atoms with van der Waals surface area (Å²) in [5, 5.41) is 12.5. The molecule has 0 atom stereocenters. The van der Waals surface area contributed by atoms with E-state index in [1.54, 1.807) is 26.0 Å². The van der Waals surface area contributed by atoms with Gasteiger partial charge in [0.05, 0.1) is 29.3 Å². The SMILES string of the molecule is CC(C)S(=O)(=O)n1cc(-c2ccc(C#N)cc2Cl)cn1. The van der Waals surface area contributed by atoms with Crippen molar-refractivity contribution in [1.29, 1.82) is 5.26 Å². The highest BCUT2D eigenvalue weighted by molar-refractivity contribution is 7.90. The molecule has 1 aromatic heterocycles. The Balaban J connectivity index is 2.47. The maximum atomic E-state index is 12.0. The number of halogens is 1. The number of nitriles is 1. The van der Waals surface area contributed by atoms with E-state index in [0.29, 0.717) is 21.7 Å². The van der Waals surface area contributed by atoms with Crippen molar-refractivity contribution in [3.8, 4) is 17.2 Å². The third-order valence-corrected chi connectivity index (χ3v) is 5.05. The predicted molar refractivity (Wildman–Crippen MR) is 76.8 cm³/mol. The van der Waals surface area contributed by atoms with Gasteiger partial charge in [-0.15, -0.1) is 0 Å². The summed E-state index contributed by atoms with van der Waals surface area (Å²) >= 11 is 6.09. The fourth-order valence-corrected chi connectivity index (χ4v) is 2.78. The lowest BCUT2D eigenvalue weighted by Gasteiger charge is -2.06. The first-order valence-corrected chi connectivity index (χ1v) is 7.73. The molecule has 1 aromatic carbocycles. The highest BCUT2D eigenvalue weighted by atomic mass is 35.5. The van der Waals surface area contributed by atoms with Gasteiger partial charge in [-0.25, -0.2) is 8.42 Å². The Bertz CT molecular complexity index is 788. The van der Waals surface area contributed by atoms with Crippen molar-refractivity contribution >= 4 is 21.6 Å². The molecular weight excluding hydrogens is 298 g/mol. The van der Waals surface area contributed by atoms with Crippen LogP contribution in [0.25, 0.3) is 11.1 Å². The average Bonchev–Trinajstić information content (AvgIpc) is 2.88. The molecule has 0 aliphatic carbocycles. The molecule has 0 N–H and O–H groups in total. The first kappa shape index (κ1) is 14.6. The Hall–Kier alpha value is -1.84. The smallest absolute Gasteiger partial charge is 0.204 e. The molecule has 0 unspecified atom stereocenters. The van der Waals surface area contributed by atoms with Gasteiger partial charge in [-0.2, -0.15) is 14.4 Å². The van der Waals surface area contributed by atoms with Crippen LogP contribution in [0.1, 0.15) is 19.4 Å².